The lowest BCUT2D eigenvalue weighted by Crippen LogP contribution is -2.27. The Morgan fingerprint density at radius 2 is 2.36 bits per heavy atom. The highest BCUT2D eigenvalue weighted by atomic mass is 16.5. The van der Waals surface area contributed by atoms with Gasteiger partial charge in [0.1, 0.15) is 5.78 Å². The number of ether oxygens (including phenoxy) is 1. The molecule has 58 valence electrons. The molecule has 0 spiro atoms. The SMILES string of the molecule is O=C1[C@H]2[C@@H]3CO[C@H]2C=C[C@H]1C3. The van der Waals surface area contributed by atoms with Gasteiger partial charge in [-0.1, -0.05) is 12.2 Å². The molecule has 0 radical (unpaired) electrons. The molecule has 0 unspecified atom stereocenters. The van der Waals surface area contributed by atoms with E-state index in [0.29, 0.717) is 11.7 Å². The highest BCUT2D eigenvalue weighted by molar-refractivity contribution is 5.89. The zero-order valence-electron chi connectivity index (χ0n) is 6.19. The molecule has 1 heterocycles. The highest BCUT2D eigenvalue weighted by Gasteiger charge is 2.51. The third-order valence-electron chi connectivity index (χ3n) is 3.15. The van der Waals surface area contributed by atoms with Crippen LogP contribution in [0.1, 0.15) is 6.42 Å². The Morgan fingerprint density at radius 3 is 3.27 bits per heavy atom. The summed E-state index contributed by atoms with van der Waals surface area (Å²) in [5, 5.41) is 0. The van der Waals surface area contributed by atoms with Crippen LogP contribution in [0.3, 0.4) is 0 Å². The van der Waals surface area contributed by atoms with Gasteiger partial charge in [-0.25, -0.2) is 0 Å². The van der Waals surface area contributed by atoms with E-state index in [2.05, 4.69) is 6.08 Å². The summed E-state index contributed by atoms with van der Waals surface area (Å²) in [7, 11) is 0. The Balaban J connectivity index is 2.12. The number of allylic oxidation sites excluding steroid dienone is 1. The molecule has 1 saturated carbocycles. The maximum absolute atomic E-state index is 11.5. The molecule has 11 heavy (non-hydrogen) atoms. The lowest BCUT2D eigenvalue weighted by atomic mass is 9.90. The van der Waals surface area contributed by atoms with Crippen LogP contribution in [-0.4, -0.2) is 18.5 Å². The summed E-state index contributed by atoms with van der Waals surface area (Å²) in [5.41, 5.74) is 0. The van der Waals surface area contributed by atoms with E-state index < -0.39 is 0 Å². The summed E-state index contributed by atoms with van der Waals surface area (Å²) in [6.07, 6.45) is 5.27. The Labute approximate surface area is 65.2 Å². The fraction of sp³-hybridized carbons (Fsp3) is 0.667. The molecular weight excluding hydrogens is 140 g/mol. The van der Waals surface area contributed by atoms with Gasteiger partial charge >= 0.3 is 0 Å². The summed E-state index contributed by atoms with van der Waals surface area (Å²) in [6.45, 7) is 0.807. The van der Waals surface area contributed by atoms with Gasteiger partial charge in [-0.2, -0.15) is 0 Å². The zero-order chi connectivity index (χ0) is 7.42. The molecule has 0 aromatic heterocycles. The van der Waals surface area contributed by atoms with Gasteiger partial charge < -0.3 is 4.74 Å². The van der Waals surface area contributed by atoms with Crippen LogP contribution in [0.15, 0.2) is 12.2 Å². The first kappa shape index (κ1) is 5.95. The maximum atomic E-state index is 11.5. The van der Waals surface area contributed by atoms with Gasteiger partial charge in [0.15, 0.2) is 0 Å². The first-order valence-electron chi connectivity index (χ1n) is 4.20. The van der Waals surface area contributed by atoms with Gasteiger partial charge in [-0.05, 0) is 12.3 Å². The normalized spacial score (nSPS) is 52.2. The van der Waals surface area contributed by atoms with E-state index in [1.807, 2.05) is 6.08 Å². The van der Waals surface area contributed by atoms with E-state index in [9.17, 15) is 4.79 Å². The van der Waals surface area contributed by atoms with Crippen molar-refractivity contribution in [2.75, 3.05) is 6.61 Å². The Hall–Kier alpha value is -0.630. The molecule has 2 nitrogen and oxygen atoms in total. The minimum atomic E-state index is 0.131. The minimum Gasteiger partial charge on any atom is -0.373 e. The van der Waals surface area contributed by atoms with Crippen LogP contribution in [0.5, 0.6) is 0 Å². The lowest BCUT2D eigenvalue weighted by molar-refractivity contribution is -0.124. The van der Waals surface area contributed by atoms with Crippen molar-refractivity contribution in [2.24, 2.45) is 17.8 Å². The number of hydrogen-bond donors (Lipinski definition) is 0. The topological polar surface area (TPSA) is 26.3 Å². The van der Waals surface area contributed by atoms with Gasteiger partial charge in [0.2, 0.25) is 0 Å². The molecule has 1 aliphatic heterocycles. The minimum absolute atomic E-state index is 0.131. The number of fused-ring (bicyclic) bond motifs is 1. The van der Waals surface area contributed by atoms with E-state index in [-0.39, 0.29) is 17.9 Å². The van der Waals surface area contributed by atoms with Crippen LogP contribution in [0.25, 0.3) is 0 Å². The van der Waals surface area contributed by atoms with E-state index in [1.54, 1.807) is 0 Å². The van der Waals surface area contributed by atoms with Crippen molar-refractivity contribution in [1.82, 2.24) is 0 Å². The zero-order valence-corrected chi connectivity index (χ0v) is 6.19. The van der Waals surface area contributed by atoms with Crippen LogP contribution in [0.2, 0.25) is 0 Å². The predicted octanol–water partition coefficient (Wildman–Crippen LogP) is 0.776. The van der Waals surface area contributed by atoms with Gasteiger partial charge in [0.05, 0.1) is 18.6 Å². The number of carbonyl (C=O) groups is 1. The first-order valence-corrected chi connectivity index (χ1v) is 4.20. The number of hydrogen-bond acceptors (Lipinski definition) is 2. The van der Waals surface area contributed by atoms with Crippen LogP contribution in [-0.2, 0) is 9.53 Å². The Bertz CT molecular complexity index is 244. The molecule has 0 amide bonds. The van der Waals surface area contributed by atoms with Crippen molar-refractivity contribution in [3.8, 4) is 0 Å². The summed E-state index contributed by atoms with van der Waals surface area (Å²) in [6, 6.07) is 0. The van der Waals surface area contributed by atoms with Crippen LogP contribution in [0, 0.1) is 17.8 Å². The summed E-state index contributed by atoms with van der Waals surface area (Å²) in [5.74, 6) is 1.43. The molecule has 0 aromatic rings. The lowest BCUT2D eigenvalue weighted by Gasteiger charge is -2.17. The second-order valence-corrected chi connectivity index (χ2v) is 3.71. The molecule has 0 aromatic carbocycles. The highest BCUT2D eigenvalue weighted by Crippen LogP contribution is 2.45. The number of carbonyl (C=O) groups excluding carboxylic acids is 1. The van der Waals surface area contributed by atoms with Crippen molar-refractivity contribution >= 4 is 5.78 Å². The Morgan fingerprint density at radius 1 is 1.45 bits per heavy atom. The number of rotatable bonds is 0. The predicted molar refractivity (Wildman–Crippen MR) is 39.0 cm³/mol. The number of Topliss-reactive ketones (excluding diaryl/α,β-unsaturated/α-hetero) is 1. The van der Waals surface area contributed by atoms with Crippen LogP contribution >= 0.6 is 0 Å². The average Bonchev–Trinajstić information content (AvgIpc) is 2.39. The molecule has 3 aliphatic rings. The van der Waals surface area contributed by atoms with Crippen molar-refractivity contribution < 1.29 is 9.53 Å². The molecular formula is C9H10O2. The molecule has 4 atom stereocenters. The van der Waals surface area contributed by atoms with Crippen molar-refractivity contribution in [3.63, 3.8) is 0 Å². The molecule has 3 rings (SSSR count). The third kappa shape index (κ3) is 0.590. The van der Waals surface area contributed by atoms with E-state index in [0.717, 1.165) is 13.0 Å². The number of ketones is 1. The molecule has 2 aliphatic carbocycles. The first-order chi connectivity index (χ1) is 5.36. The van der Waals surface area contributed by atoms with Gasteiger partial charge in [0.25, 0.3) is 0 Å². The summed E-state index contributed by atoms with van der Waals surface area (Å²) < 4.78 is 5.47. The summed E-state index contributed by atoms with van der Waals surface area (Å²) >= 11 is 0. The van der Waals surface area contributed by atoms with Crippen molar-refractivity contribution in [2.45, 2.75) is 12.5 Å². The monoisotopic (exact) mass is 150 g/mol. The second-order valence-electron chi connectivity index (χ2n) is 3.71. The van der Waals surface area contributed by atoms with Crippen LogP contribution in [0.4, 0.5) is 0 Å². The fourth-order valence-electron chi connectivity index (χ4n) is 2.60. The molecule has 2 heteroatoms. The van der Waals surface area contributed by atoms with Crippen molar-refractivity contribution in [3.05, 3.63) is 12.2 Å². The fourth-order valence-corrected chi connectivity index (χ4v) is 2.60. The van der Waals surface area contributed by atoms with Crippen LogP contribution < -0.4 is 0 Å². The smallest absolute Gasteiger partial charge is 0.146 e. The average molecular weight is 150 g/mol. The summed E-state index contributed by atoms with van der Waals surface area (Å²) in [4.78, 5) is 11.5. The second kappa shape index (κ2) is 1.75. The maximum Gasteiger partial charge on any atom is 0.146 e. The van der Waals surface area contributed by atoms with Crippen molar-refractivity contribution in [1.29, 1.82) is 0 Å². The molecule has 0 N–H and O–H groups in total. The van der Waals surface area contributed by atoms with E-state index >= 15 is 0 Å². The van der Waals surface area contributed by atoms with E-state index in [4.69, 9.17) is 4.74 Å². The molecule has 1 saturated heterocycles. The van der Waals surface area contributed by atoms with E-state index in [1.165, 1.54) is 0 Å². The van der Waals surface area contributed by atoms with Gasteiger partial charge in [0, 0.05) is 5.92 Å². The molecule has 2 bridgehead atoms. The molecule has 2 fully saturated rings. The van der Waals surface area contributed by atoms with Gasteiger partial charge in [-0.15, -0.1) is 0 Å². The van der Waals surface area contributed by atoms with Gasteiger partial charge in [-0.3, -0.25) is 4.79 Å². The quantitative estimate of drug-likeness (QED) is 0.477. The third-order valence-corrected chi connectivity index (χ3v) is 3.15. The largest absolute Gasteiger partial charge is 0.373 e. The Kier molecular flexibility index (Phi) is 0.946. The standard InChI is InChI=1S/C9H10O2/c10-9-5-1-2-7-8(9)6(3-5)4-11-7/h1-2,5-8H,3-4H2/t5-,6-,7-,8-/m0/s1.